The second-order valence-corrected chi connectivity index (χ2v) is 5.31. The number of morpholine rings is 1. The van der Waals surface area contributed by atoms with Crippen LogP contribution in [0.1, 0.15) is 23.0 Å². The number of hydrogen-bond acceptors (Lipinski definition) is 4. The summed E-state index contributed by atoms with van der Waals surface area (Å²) in [4.78, 5) is 18.5. The van der Waals surface area contributed by atoms with Gasteiger partial charge in [0.25, 0.3) is 5.91 Å². The highest BCUT2D eigenvalue weighted by atomic mass is 35.5. The average molecular weight is 298 g/mol. The van der Waals surface area contributed by atoms with Crippen LogP contribution in [0.15, 0.2) is 12.3 Å². The van der Waals surface area contributed by atoms with Gasteiger partial charge in [-0.15, -0.1) is 0 Å². The molecule has 1 saturated heterocycles. The van der Waals surface area contributed by atoms with E-state index in [-0.39, 0.29) is 12.0 Å². The summed E-state index contributed by atoms with van der Waals surface area (Å²) in [6.45, 7) is 7.95. The van der Waals surface area contributed by atoms with Crippen molar-refractivity contribution in [1.82, 2.24) is 15.2 Å². The van der Waals surface area contributed by atoms with Crippen LogP contribution in [-0.4, -0.2) is 54.7 Å². The molecule has 1 aliphatic heterocycles. The van der Waals surface area contributed by atoms with Crippen LogP contribution in [0.4, 0.5) is 0 Å². The van der Waals surface area contributed by atoms with Crippen LogP contribution >= 0.6 is 11.6 Å². The van der Waals surface area contributed by atoms with Gasteiger partial charge in [-0.2, -0.15) is 0 Å². The highest BCUT2D eigenvalue weighted by molar-refractivity contribution is 6.33. The Morgan fingerprint density at radius 1 is 1.65 bits per heavy atom. The summed E-state index contributed by atoms with van der Waals surface area (Å²) >= 11 is 6.05. The molecule has 1 atom stereocenters. The fourth-order valence-electron chi connectivity index (χ4n) is 2.19. The van der Waals surface area contributed by atoms with Crippen molar-refractivity contribution in [2.24, 2.45) is 0 Å². The number of rotatable bonds is 4. The number of carbonyl (C=O) groups is 1. The molecule has 1 amide bonds. The maximum absolute atomic E-state index is 12.1. The fraction of sp³-hybridized carbons (Fsp3) is 0.571. The monoisotopic (exact) mass is 297 g/mol. The summed E-state index contributed by atoms with van der Waals surface area (Å²) in [7, 11) is 0. The van der Waals surface area contributed by atoms with Gasteiger partial charge in [-0.05, 0) is 19.5 Å². The zero-order chi connectivity index (χ0) is 14.5. The molecule has 0 aliphatic carbocycles. The van der Waals surface area contributed by atoms with Crippen LogP contribution in [0, 0.1) is 6.92 Å². The lowest BCUT2D eigenvalue weighted by Gasteiger charge is -2.32. The lowest BCUT2D eigenvalue weighted by atomic mass is 10.2. The zero-order valence-corrected chi connectivity index (χ0v) is 12.6. The summed E-state index contributed by atoms with van der Waals surface area (Å²) in [5, 5.41) is 3.28. The van der Waals surface area contributed by atoms with Crippen molar-refractivity contribution in [2.45, 2.75) is 20.0 Å². The lowest BCUT2D eigenvalue weighted by Crippen LogP contribution is -2.47. The van der Waals surface area contributed by atoms with Crippen molar-refractivity contribution in [3.8, 4) is 0 Å². The first-order valence-corrected chi connectivity index (χ1v) is 7.22. The van der Waals surface area contributed by atoms with Crippen molar-refractivity contribution >= 4 is 17.5 Å². The van der Waals surface area contributed by atoms with Crippen molar-refractivity contribution in [3.05, 3.63) is 28.5 Å². The van der Waals surface area contributed by atoms with Gasteiger partial charge in [0, 0.05) is 31.5 Å². The molecular weight excluding hydrogens is 278 g/mol. The molecule has 0 spiro atoms. The third-order valence-corrected chi connectivity index (χ3v) is 3.71. The molecule has 2 heterocycles. The minimum absolute atomic E-state index is 0.0323. The summed E-state index contributed by atoms with van der Waals surface area (Å²) in [6.07, 6.45) is 1.54. The van der Waals surface area contributed by atoms with E-state index in [9.17, 15) is 4.79 Å². The van der Waals surface area contributed by atoms with E-state index < -0.39 is 0 Å². The molecule has 2 rings (SSSR count). The van der Waals surface area contributed by atoms with Crippen molar-refractivity contribution in [2.75, 3.05) is 32.8 Å². The van der Waals surface area contributed by atoms with Gasteiger partial charge in [0.1, 0.15) is 0 Å². The summed E-state index contributed by atoms with van der Waals surface area (Å²) in [6, 6.07) is 1.69. The van der Waals surface area contributed by atoms with E-state index in [0.29, 0.717) is 23.7 Å². The first-order chi connectivity index (χ1) is 9.60. The lowest BCUT2D eigenvalue weighted by molar-refractivity contribution is -0.0246. The quantitative estimate of drug-likeness (QED) is 0.915. The predicted molar refractivity (Wildman–Crippen MR) is 78.2 cm³/mol. The number of aromatic nitrogens is 1. The molecule has 0 saturated carbocycles. The summed E-state index contributed by atoms with van der Waals surface area (Å²) in [5.74, 6) is -0.209. The van der Waals surface area contributed by atoms with Crippen LogP contribution in [0.2, 0.25) is 5.02 Å². The smallest absolute Gasteiger partial charge is 0.254 e. The third kappa shape index (κ3) is 3.91. The van der Waals surface area contributed by atoms with Gasteiger partial charge in [0.05, 0.1) is 23.3 Å². The molecule has 110 valence electrons. The summed E-state index contributed by atoms with van der Waals surface area (Å²) in [5.41, 5.74) is 1.20. The molecule has 1 aromatic rings. The maximum Gasteiger partial charge on any atom is 0.254 e. The Bertz CT molecular complexity index is 481. The van der Waals surface area contributed by atoms with Gasteiger partial charge in [-0.3, -0.25) is 14.7 Å². The van der Waals surface area contributed by atoms with Crippen LogP contribution < -0.4 is 5.32 Å². The average Bonchev–Trinajstić information content (AvgIpc) is 2.45. The number of hydrogen-bond donors (Lipinski definition) is 1. The number of ether oxygens (including phenoxy) is 1. The van der Waals surface area contributed by atoms with Crippen molar-refractivity contribution < 1.29 is 9.53 Å². The highest BCUT2D eigenvalue weighted by Crippen LogP contribution is 2.15. The van der Waals surface area contributed by atoms with E-state index in [1.165, 1.54) is 6.20 Å². The van der Waals surface area contributed by atoms with Crippen molar-refractivity contribution in [3.63, 3.8) is 0 Å². The second kappa shape index (κ2) is 7.02. The van der Waals surface area contributed by atoms with E-state index in [1.54, 1.807) is 6.07 Å². The molecule has 20 heavy (non-hydrogen) atoms. The Hall–Kier alpha value is -1.17. The second-order valence-electron chi connectivity index (χ2n) is 4.90. The Labute approximate surface area is 124 Å². The molecule has 1 unspecified atom stereocenters. The number of carbonyl (C=O) groups excluding carboxylic acids is 1. The van der Waals surface area contributed by atoms with E-state index in [2.05, 4.69) is 22.1 Å². The molecule has 1 fully saturated rings. The summed E-state index contributed by atoms with van der Waals surface area (Å²) < 4.78 is 5.64. The minimum atomic E-state index is -0.209. The third-order valence-electron chi connectivity index (χ3n) is 3.40. The Morgan fingerprint density at radius 3 is 3.15 bits per heavy atom. The topological polar surface area (TPSA) is 54.5 Å². The number of nitrogens with one attached hydrogen (secondary N) is 1. The minimum Gasteiger partial charge on any atom is -0.374 e. The molecule has 1 aromatic heterocycles. The molecule has 0 radical (unpaired) electrons. The van der Waals surface area contributed by atoms with Gasteiger partial charge in [0.15, 0.2) is 0 Å². The van der Waals surface area contributed by atoms with Crippen LogP contribution in [0.3, 0.4) is 0 Å². The van der Waals surface area contributed by atoms with E-state index >= 15 is 0 Å². The standard InChI is InChI=1S/C14H20ClN3O2/c1-3-18-4-5-20-11(9-18)7-17-14(19)12-8-16-10(2)6-13(12)15/h6,8,11H,3-5,7,9H2,1-2H3,(H,17,19). The molecule has 0 aromatic carbocycles. The number of aryl methyl sites for hydroxylation is 1. The SMILES string of the molecule is CCN1CCOC(CNC(=O)c2cnc(C)cc2Cl)C1. The van der Waals surface area contributed by atoms with E-state index in [1.807, 2.05) is 6.92 Å². The first kappa shape index (κ1) is 15.2. The van der Waals surface area contributed by atoms with Gasteiger partial charge in [-0.1, -0.05) is 18.5 Å². The molecule has 1 N–H and O–H groups in total. The Balaban J connectivity index is 1.88. The van der Waals surface area contributed by atoms with Gasteiger partial charge < -0.3 is 10.1 Å². The number of pyridine rings is 1. The predicted octanol–water partition coefficient (Wildman–Crippen LogP) is 1.49. The number of nitrogens with zero attached hydrogens (tertiary/aromatic N) is 2. The Morgan fingerprint density at radius 2 is 2.45 bits per heavy atom. The fourth-order valence-corrected chi connectivity index (χ4v) is 2.48. The van der Waals surface area contributed by atoms with Crippen molar-refractivity contribution in [1.29, 1.82) is 0 Å². The normalized spacial score (nSPS) is 19.9. The molecule has 6 heteroatoms. The van der Waals surface area contributed by atoms with E-state index in [0.717, 1.165) is 25.3 Å². The first-order valence-electron chi connectivity index (χ1n) is 6.84. The maximum atomic E-state index is 12.1. The number of halogens is 1. The molecule has 5 nitrogen and oxygen atoms in total. The van der Waals surface area contributed by atoms with Gasteiger partial charge in [0.2, 0.25) is 0 Å². The van der Waals surface area contributed by atoms with Crippen LogP contribution in [0.25, 0.3) is 0 Å². The Kier molecular flexibility index (Phi) is 5.34. The number of likely N-dealkylation sites (N-methyl/N-ethyl adjacent to an activating group) is 1. The highest BCUT2D eigenvalue weighted by Gasteiger charge is 2.20. The molecular formula is C14H20ClN3O2. The largest absolute Gasteiger partial charge is 0.374 e. The molecule has 0 bridgehead atoms. The van der Waals surface area contributed by atoms with Crippen LogP contribution in [0.5, 0.6) is 0 Å². The van der Waals surface area contributed by atoms with Crippen LogP contribution in [-0.2, 0) is 4.74 Å². The molecule has 1 aliphatic rings. The van der Waals surface area contributed by atoms with Gasteiger partial charge in [-0.25, -0.2) is 0 Å². The zero-order valence-electron chi connectivity index (χ0n) is 11.9. The number of amides is 1. The van der Waals surface area contributed by atoms with Gasteiger partial charge >= 0.3 is 0 Å². The van der Waals surface area contributed by atoms with E-state index in [4.69, 9.17) is 16.3 Å².